The van der Waals surface area contributed by atoms with E-state index in [4.69, 9.17) is 0 Å². The summed E-state index contributed by atoms with van der Waals surface area (Å²) < 4.78 is 0. The lowest BCUT2D eigenvalue weighted by Gasteiger charge is -2.23. The molecule has 0 aromatic rings. The number of fused-ring (bicyclic) bond motifs is 5. The maximum Gasteiger partial charge on any atom is -0.0352 e. The Labute approximate surface area is 94.8 Å². The third-order valence-electron chi connectivity index (χ3n) is 6.14. The van der Waals surface area contributed by atoms with Gasteiger partial charge in [0.25, 0.3) is 0 Å². The lowest BCUT2D eigenvalue weighted by atomic mass is 9.82. The largest absolute Gasteiger partial charge is 0.0651 e. The number of hydrogen-bond acceptors (Lipinski definition) is 0. The Kier molecular flexibility index (Phi) is 2.57. The van der Waals surface area contributed by atoms with Gasteiger partial charge in [0.15, 0.2) is 0 Å². The Morgan fingerprint density at radius 3 is 1.87 bits per heavy atom. The molecule has 0 amide bonds. The van der Waals surface area contributed by atoms with Crippen molar-refractivity contribution in [1.29, 1.82) is 0 Å². The minimum atomic E-state index is 1.05. The van der Waals surface area contributed by atoms with Gasteiger partial charge < -0.3 is 0 Å². The normalized spacial score (nSPS) is 47.8. The average molecular weight is 206 g/mol. The molecule has 0 nitrogen and oxygen atoms in total. The molecule has 3 aliphatic carbocycles. The number of hydrogen-bond donors (Lipinski definition) is 0. The van der Waals surface area contributed by atoms with Crippen molar-refractivity contribution in [3.63, 3.8) is 0 Å². The van der Waals surface area contributed by atoms with E-state index in [1.54, 1.807) is 32.1 Å². The average Bonchev–Trinajstić information content (AvgIpc) is 2.90. The van der Waals surface area contributed by atoms with Gasteiger partial charge in [-0.1, -0.05) is 26.7 Å². The molecule has 0 N–H and O–H groups in total. The smallest absolute Gasteiger partial charge is 0.0352 e. The summed E-state index contributed by atoms with van der Waals surface area (Å²) in [7, 11) is 0. The highest BCUT2D eigenvalue weighted by Gasteiger charge is 2.52. The molecule has 0 spiro atoms. The van der Waals surface area contributed by atoms with Crippen molar-refractivity contribution >= 4 is 0 Å². The minimum Gasteiger partial charge on any atom is -0.0651 e. The van der Waals surface area contributed by atoms with E-state index in [1.165, 1.54) is 36.5 Å². The summed E-state index contributed by atoms with van der Waals surface area (Å²) in [6, 6.07) is 0. The molecule has 0 radical (unpaired) electrons. The van der Waals surface area contributed by atoms with E-state index in [0.717, 1.165) is 11.8 Å². The third-order valence-corrected chi connectivity index (χ3v) is 6.14. The van der Waals surface area contributed by atoms with E-state index in [9.17, 15) is 0 Å². The predicted molar refractivity (Wildman–Crippen MR) is 64.6 cm³/mol. The standard InChI is InChI=1S/C15H26/c1-3-10(4-2)13-8-14-11-5-6-12(7-11)15(14)9-13/h10-15H,3-9H2,1-2H3. The lowest BCUT2D eigenvalue weighted by Crippen LogP contribution is -2.15. The van der Waals surface area contributed by atoms with Gasteiger partial charge in [-0.3, -0.25) is 0 Å². The Bertz CT molecular complexity index is 210. The van der Waals surface area contributed by atoms with Crippen LogP contribution in [0.5, 0.6) is 0 Å². The second-order valence-electron chi connectivity index (χ2n) is 6.47. The van der Waals surface area contributed by atoms with Gasteiger partial charge in [-0.05, 0) is 67.6 Å². The van der Waals surface area contributed by atoms with Crippen LogP contribution in [-0.4, -0.2) is 0 Å². The van der Waals surface area contributed by atoms with Gasteiger partial charge in [0, 0.05) is 0 Å². The molecular weight excluding hydrogens is 180 g/mol. The zero-order valence-corrected chi connectivity index (χ0v) is 10.4. The summed E-state index contributed by atoms with van der Waals surface area (Å²) >= 11 is 0. The van der Waals surface area contributed by atoms with Gasteiger partial charge >= 0.3 is 0 Å². The highest BCUT2D eigenvalue weighted by molar-refractivity contribution is 5.02. The SMILES string of the molecule is CCC(CC)C1CC2C3CCC(C3)C2C1. The van der Waals surface area contributed by atoms with Gasteiger partial charge in [0.05, 0.1) is 0 Å². The van der Waals surface area contributed by atoms with Crippen molar-refractivity contribution in [2.75, 3.05) is 0 Å². The lowest BCUT2D eigenvalue weighted by molar-refractivity contribution is 0.259. The van der Waals surface area contributed by atoms with Crippen LogP contribution in [0.25, 0.3) is 0 Å². The molecule has 0 heteroatoms. The van der Waals surface area contributed by atoms with Crippen LogP contribution in [0.4, 0.5) is 0 Å². The van der Waals surface area contributed by atoms with Gasteiger partial charge in [-0.25, -0.2) is 0 Å². The molecule has 0 aromatic heterocycles. The van der Waals surface area contributed by atoms with Gasteiger partial charge in [0.2, 0.25) is 0 Å². The van der Waals surface area contributed by atoms with Crippen molar-refractivity contribution in [3.05, 3.63) is 0 Å². The Morgan fingerprint density at radius 2 is 1.40 bits per heavy atom. The molecule has 4 unspecified atom stereocenters. The molecule has 15 heavy (non-hydrogen) atoms. The molecule has 0 heterocycles. The predicted octanol–water partition coefficient (Wildman–Crippen LogP) is 4.49. The first-order chi connectivity index (χ1) is 7.33. The second kappa shape index (κ2) is 3.79. The maximum atomic E-state index is 2.40. The number of rotatable bonds is 3. The van der Waals surface area contributed by atoms with Crippen LogP contribution >= 0.6 is 0 Å². The molecule has 4 atom stereocenters. The quantitative estimate of drug-likeness (QED) is 0.638. The van der Waals surface area contributed by atoms with Crippen LogP contribution in [0.2, 0.25) is 0 Å². The maximum absolute atomic E-state index is 2.40. The zero-order valence-electron chi connectivity index (χ0n) is 10.4. The van der Waals surface area contributed by atoms with Crippen LogP contribution in [-0.2, 0) is 0 Å². The Hall–Kier alpha value is 0. The van der Waals surface area contributed by atoms with E-state index >= 15 is 0 Å². The van der Waals surface area contributed by atoms with Crippen molar-refractivity contribution in [3.8, 4) is 0 Å². The summed E-state index contributed by atoms with van der Waals surface area (Å²) in [5, 5.41) is 0. The van der Waals surface area contributed by atoms with E-state index in [2.05, 4.69) is 13.8 Å². The zero-order chi connectivity index (χ0) is 10.4. The van der Waals surface area contributed by atoms with Crippen LogP contribution in [0.1, 0.15) is 58.8 Å². The highest BCUT2D eigenvalue weighted by atomic mass is 14.6. The molecule has 2 bridgehead atoms. The fourth-order valence-corrected chi connectivity index (χ4v) is 5.40. The van der Waals surface area contributed by atoms with Crippen LogP contribution in [0.15, 0.2) is 0 Å². The summed E-state index contributed by atoms with van der Waals surface area (Å²) in [5.74, 6) is 6.84. The van der Waals surface area contributed by atoms with E-state index in [-0.39, 0.29) is 0 Å². The Morgan fingerprint density at radius 1 is 0.867 bits per heavy atom. The van der Waals surface area contributed by atoms with Crippen molar-refractivity contribution in [1.82, 2.24) is 0 Å². The van der Waals surface area contributed by atoms with Gasteiger partial charge in [-0.2, -0.15) is 0 Å². The summed E-state index contributed by atoms with van der Waals surface area (Å²) in [5.41, 5.74) is 0. The first-order valence-electron chi connectivity index (χ1n) is 7.33. The summed E-state index contributed by atoms with van der Waals surface area (Å²) in [6.07, 6.45) is 10.9. The first-order valence-corrected chi connectivity index (χ1v) is 7.33. The van der Waals surface area contributed by atoms with Gasteiger partial charge in [-0.15, -0.1) is 0 Å². The summed E-state index contributed by atoms with van der Waals surface area (Å²) in [6.45, 7) is 4.80. The molecule has 86 valence electrons. The highest BCUT2D eigenvalue weighted by Crippen LogP contribution is 2.61. The third kappa shape index (κ3) is 1.47. The van der Waals surface area contributed by atoms with E-state index in [0.29, 0.717) is 0 Å². The van der Waals surface area contributed by atoms with Crippen LogP contribution in [0, 0.1) is 35.5 Å². The fourth-order valence-electron chi connectivity index (χ4n) is 5.40. The van der Waals surface area contributed by atoms with Crippen molar-refractivity contribution in [2.45, 2.75) is 58.8 Å². The fraction of sp³-hybridized carbons (Fsp3) is 1.00. The second-order valence-corrected chi connectivity index (χ2v) is 6.47. The molecule has 0 aromatic carbocycles. The van der Waals surface area contributed by atoms with Crippen molar-refractivity contribution in [2.24, 2.45) is 35.5 Å². The minimum absolute atomic E-state index is 1.05. The molecule has 0 saturated heterocycles. The molecular formula is C15H26. The topological polar surface area (TPSA) is 0 Å². The molecule has 3 aliphatic rings. The van der Waals surface area contributed by atoms with Crippen LogP contribution < -0.4 is 0 Å². The van der Waals surface area contributed by atoms with E-state index < -0.39 is 0 Å². The molecule has 3 saturated carbocycles. The first kappa shape index (κ1) is 10.2. The monoisotopic (exact) mass is 206 g/mol. The molecule has 3 fully saturated rings. The van der Waals surface area contributed by atoms with Gasteiger partial charge in [0.1, 0.15) is 0 Å². The van der Waals surface area contributed by atoms with E-state index in [1.807, 2.05) is 0 Å². The summed E-state index contributed by atoms with van der Waals surface area (Å²) in [4.78, 5) is 0. The van der Waals surface area contributed by atoms with Crippen molar-refractivity contribution < 1.29 is 0 Å². The molecule has 0 aliphatic heterocycles. The van der Waals surface area contributed by atoms with Crippen LogP contribution in [0.3, 0.4) is 0 Å². The Balaban J connectivity index is 1.68. The molecule has 3 rings (SSSR count).